The number of aromatic nitrogens is 9. The molecule has 0 N–H and O–H groups in total. The zero-order valence-corrected chi connectivity index (χ0v) is 79.3. The van der Waals surface area contributed by atoms with E-state index in [-0.39, 0.29) is 68.6 Å². The van der Waals surface area contributed by atoms with Gasteiger partial charge in [0.25, 0.3) is 0 Å². The number of benzene rings is 15. The number of rotatable bonds is 15. The van der Waals surface area contributed by atoms with E-state index < -0.39 is 5.41 Å². The molecule has 13 heteroatoms. The molecule has 0 saturated carbocycles. The third-order valence-electron chi connectivity index (χ3n) is 21.9. The molecule has 0 bridgehead atoms. The topological polar surface area (TPSA) is 123 Å². The summed E-state index contributed by atoms with van der Waals surface area (Å²) in [5.74, 6) is 0.885. The van der Waals surface area contributed by atoms with Crippen LogP contribution in [0.25, 0.3) is 123 Å². The maximum atomic E-state index is 4.79. The molecule has 0 unspecified atom stereocenters. The van der Waals surface area contributed by atoms with Crippen LogP contribution < -0.4 is 20.2 Å². The first kappa shape index (κ1) is 93.4. The van der Waals surface area contributed by atoms with Gasteiger partial charge in [-0.2, -0.15) is 77.0 Å². The zero-order chi connectivity index (χ0) is 87.7. The minimum atomic E-state index is -0.421. The molecule has 0 atom stereocenters. The standard InChI is InChI=1S/C25H22N2.C24H16N.2C21H14N2.C17H13N2.C11H8N.3Pt/c1-25(2,3)22-23(20-12-8-5-9-13-20)26-27-24(22)21-16-14-19(15-17-21)18-10-6-4-7-11-18;1-2-10-18(11-3-1)24(23-16-8-9-17-25-23)21-14-6-4-12-19(21)20-13-5-7-15-22(20)24;2*1-3-7-16(8-4-1)17-11-13-19(14-12-17)21-15-20(22-23-21)18-9-5-2-6-10-18;1-3-9-15(10-4-1)19(16-11-5-2-6-12-16)17-13-7-8-14-18-17;1-2-6-10(7-3-1)11-8-4-5-9-12-11;;;/h4-12,14-17H,1-3H3;1-10,12-17H;2*1-9,11-15H;1-11,13-14H;1-6,8-9H;;;/q-2;-1;2*-2;2*-1;;;. The van der Waals surface area contributed by atoms with Crippen molar-refractivity contribution in [3.8, 4) is 123 Å². The van der Waals surface area contributed by atoms with Crippen LogP contribution in [0, 0.1) is 36.4 Å². The SMILES string of the molecule is CC(C)(C)c1c(-c2ccc(-c3ccccc3)cc2)n[n-]c1-c1[c-]cccc1.[Pt].[Pt].[Pt].[c-]1ccccc1-c1cc(-c2ccc(-c3ccccc3)cc2)n[n-]1.[c-]1ccccc1-c1cc(-c2ccc(-c3ccccc3)cc2)n[n-]1.[c-]1ccccc1-c1ccccn1.[c-]1ccccc1C1(c2ccccn2)c2ccccc2-c2ccccc21.[c-]1ccccc1N(c1ccccc1)c1ccccn1. The molecule has 0 saturated heterocycles. The molecule has 0 spiro atoms. The molecule has 0 fully saturated rings. The van der Waals surface area contributed by atoms with Crippen LogP contribution >= 0.6 is 0 Å². The number of pyridine rings is 3. The second-order valence-corrected chi connectivity index (χ2v) is 31.3. The summed E-state index contributed by atoms with van der Waals surface area (Å²) in [5, 5.41) is 26.2. The third kappa shape index (κ3) is 22.6. The van der Waals surface area contributed by atoms with Crippen molar-refractivity contribution < 1.29 is 63.2 Å². The second kappa shape index (κ2) is 46.0. The van der Waals surface area contributed by atoms with Gasteiger partial charge in [0.2, 0.25) is 0 Å². The summed E-state index contributed by atoms with van der Waals surface area (Å²) in [4.78, 5) is 15.5. The average molecular weight is 2240 g/mol. The van der Waals surface area contributed by atoms with Crippen LogP contribution in [0.1, 0.15) is 48.7 Å². The summed E-state index contributed by atoms with van der Waals surface area (Å²) in [6.45, 7) is 6.62. The van der Waals surface area contributed by atoms with Crippen LogP contribution in [-0.4, -0.2) is 30.2 Å². The van der Waals surface area contributed by atoms with Crippen LogP contribution in [0.5, 0.6) is 0 Å². The summed E-state index contributed by atoms with van der Waals surface area (Å²) in [6.07, 6.45) is 5.47. The summed E-state index contributed by atoms with van der Waals surface area (Å²) >= 11 is 0. The Morgan fingerprint density at radius 1 is 0.280 bits per heavy atom. The van der Waals surface area contributed by atoms with E-state index in [0.29, 0.717) is 0 Å². The molecule has 6 aromatic heterocycles. The number of fused-ring (bicyclic) bond motifs is 3. The minimum Gasteiger partial charge on any atom is -0.618 e. The Morgan fingerprint density at radius 3 is 1.08 bits per heavy atom. The monoisotopic (exact) mass is 2240 g/mol. The zero-order valence-electron chi connectivity index (χ0n) is 72.5. The molecule has 21 aromatic rings. The maximum absolute atomic E-state index is 4.79. The number of para-hydroxylation sites is 2. The van der Waals surface area contributed by atoms with Gasteiger partial charge in [0.05, 0.1) is 11.1 Å². The van der Waals surface area contributed by atoms with Gasteiger partial charge < -0.3 is 40.5 Å². The number of hydrogen-bond acceptors (Lipinski definition) is 7. The fourth-order valence-electron chi connectivity index (χ4n) is 15.8. The van der Waals surface area contributed by atoms with Crippen molar-refractivity contribution in [2.24, 2.45) is 0 Å². The molecule has 6 heterocycles. The minimum absolute atomic E-state index is 0. The van der Waals surface area contributed by atoms with E-state index in [4.69, 9.17) is 4.98 Å². The van der Waals surface area contributed by atoms with Gasteiger partial charge in [-0.25, -0.2) is 16.4 Å². The molecule has 0 radical (unpaired) electrons. The van der Waals surface area contributed by atoms with E-state index in [1.165, 1.54) is 55.6 Å². The van der Waals surface area contributed by atoms with Crippen molar-refractivity contribution in [3.05, 3.63) is 538 Å². The first-order valence-electron chi connectivity index (χ1n) is 42.8. The summed E-state index contributed by atoms with van der Waals surface area (Å²) in [6, 6.07) is 173. The van der Waals surface area contributed by atoms with E-state index in [1.807, 2.05) is 231 Å². The molecular weight excluding hydrogens is 2150 g/mol. The molecule has 132 heavy (non-hydrogen) atoms. The predicted molar refractivity (Wildman–Crippen MR) is 523 cm³/mol. The molecule has 652 valence electrons. The molecular formula is C119H87N10Pt3-9. The van der Waals surface area contributed by atoms with Gasteiger partial charge in [0.15, 0.2) is 0 Å². The first-order valence-corrected chi connectivity index (χ1v) is 42.8. The maximum Gasteiger partial charge on any atom is 0.135 e. The van der Waals surface area contributed by atoms with E-state index in [9.17, 15) is 0 Å². The Balaban J connectivity index is 0.000000128. The quantitative estimate of drug-likeness (QED) is 0.0917. The van der Waals surface area contributed by atoms with Crippen LogP contribution in [0.15, 0.2) is 474 Å². The van der Waals surface area contributed by atoms with Crippen LogP contribution in [0.2, 0.25) is 0 Å². The van der Waals surface area contributed by atoms with Gasteiger partial charge in [0.1, 0.15) is 5.82 Å². The van der Waals surface area contributed by atoms with Crippen LogP contribution in [-0.2, 0) is 74.0 Å². The largest absolute Gasteiger partial charge is 0.618 e. The fourth-order valence-corrected chi connectivity index (χ4v) is 15.8. The van der Waals surface area contributed by atoms with Gasteiger partial charge >= 0.3 is 0 Å². The van der Waals surface area contributed by atoms with Gasteiger partial charge in [0, 0.05) is 105 Å². The van der Waals surface area contributed by atoms with Crippen molar-refractivity contribution >= 4 is 17.2 Å². The van der Waals surface area contributed by atoms with Gasteiger partial charge in [-0.3, -0.25) is 4.98 Å². The average Bonchev–Trinajstić information content (AvgIpc) is 1.54. The molecule has 15 aromatic carbocycles. The van der Waals surface area contributed by atoms with E-state index >= 15 is 0 Å². The van der Waals surface area contributed by atoms with Crippen LogP contribution in [0.4, 0.5) is 17.2 Å². The van der Waals surface area contributed by atoms with E-state index in [2.05, 4.69) is 333 Å². The van der Waals surface area contributed by atoms with Crippen molar-refractivity contribution in [1.29, 1.82) is 0 Å². The molecule has 1 aliphatic rings. The van der Waals surface area contributed by atoms with Crippen molar-refractivity contribution in [1.82, 2.24) is 45.5 Å². The summed E-state index contributed by atoms with van der Waals surface area (Å²) < 4.78 is 0. The Bertz CT molecular complexity index is 6620. The molecule has 22 rings (SSSR count). The Kier molecular flexibility index (Phi) is 32.5. The van der Waals surface area contributed by atoms with E-state index in [0.717, 1.165) is 113 Å². The van der Waals surface area contributed by atoms with Crippen molar-refractivity contribution in [2.45, 2.75) is 31.6 Å². The normalized spacial score (nSPS) is 11.0. The van der Waals surface area contributed by atoms with Gasteiger partial charge in [-0.1, -0.05) is 299 Å². The van der Waals surface area contributed by atoms with Gasteiger partial charge in [-0.15, -0.1) is 139 Å². The number of nitrogens with zero attached hydrogens (tertiary/aromatic N) is 10. The molecule has 10 nitrogen and oxygen atoms in total. The number of anilines is 3. The smallest absolute Gasteiger partial charge is 0.135 e. The Morgan fingerprint density at radius 2 is 0.659 bits per heavy atom. The van der Waals surface area contributed by atoms with Crippen molar-refractivity contribution in [3.63, 3.8) is 0 Å². The van der Waals surface area contributed by atoms with Gasteiger partial charge in [-0.05, 0) is 126 Å². The Hall–Kier alpha value is -14.8. The van der Waals surface area contributed by atoms with Crippen LogP contribution in [0.3, 0.4) is 0 Å². The first-order chi connectivity index (χ1) is 63.7. The third-order valence-corrected chi connectivity index (χ3v) is 21.9. The summed E-state index contributed by atoms with van der Waals surface area (Å²) in [7, 11) is 0. The van der Waals surface area contributed by atoms with E-state index in [1.54, 1.807) is 12.4 Å². The Labute approximate surface area is 816 Å². The van der Waals surface area contributed by atoms with Crippen molar-refractivity contribution in [2.75, 3.05) is 4.90 Å². The molecule has 0 amide bonds. The predicted octanol–water partition coefficient (Wildman–Crippen LogP) is 28.0. The number of hydrogen-bond donors (Lipinski definition) is 0. The molecule has 0 aliphatic heterocycles. The summed E-state index contributed by atoms with van der Waals surface area (Å²) in [5.41, 5.74) is 30.8. The second-order valence-electron chi connectivity index (χ2n) is 31.3. The molecule has 1 aliphatic carbocycles. The fraction of sp³-hybridized carbons (Fsp3) is 0.0420.